The highest BCUT2D eigenvalue weighted by Crippen LogP contribution is 2.20. The number of amides is 2. The molecule has 106 valence electrons. The lowest BCUT2D eigenvalue weighted by atomic mass is 10.1. The molecular weight excluding hydrogens is 266 g/mol. The van der Waals surface area contributed by atoms with E-state index in [4.69, 9.17) is 5.11 Å². The molecule has 0 aliphatic carbocycles. The van der Waals surface area contributed by atoms with Crippen molar-refractivity contribution in [1.82, 2.24) is 10.3 Å². The van der Waals surface area contributed by atoms with E-state index in [1.807, 2.05) is 20.8 Å². The maximum absolute atomic E-state index is 11.8. The Morgan fingerprint density at radius 3 is 2.58 bits per heavy atom. The van der Waals surface area contributed by atoms with E-state index in [0.29, 0.717) is 11.6 Å². The minimum atomic E-state index is -0.917. The first-order valence-corrected chi connectivity index (χ1v) is 6.97. The third kappa shape index (κ3) is 5.25. The first kappa shape index (κ1) is 15.4. The second kappa shape index (κ2) is 7.08. The second-order valence-corrected chi connectivity index (χ2v) is 5.55. The highest BCUT2D eigenvalue weighted by atomic mass is 32.1. The Hall–Kier alpha value is -1.63. The molecule has 0 saturated carbocycles. The summed E-state index contributed by atoms with van der Waals surface area (Å²) in [6.07, 6.45) is 1.38. The van der Waals surface area contributed by atoms with Crippen LogP contribution in [0.5, 0.6) is 0 Å². The van der Waals surface area contributed by atoms with E-state index in [1.54, 1.807) is 0 Å². The molecule has 0 bridgehead atoms. The quantitative estimate of drug-likeness (QED) is 0.749. The number of carbonyl (C=O) groups is 2. The van der Waals surface area contributed by atoms with Crippen LogP contribution in [0.25, 0.3) is 0 Å². The average Bonchev–Trinajstić information content (AvgIpc) is 2.56. The van der Waals surface area contributed by atoms with Crippen LogP contribution in [0.2, 0.25) is 0 Å². The normalized spacial score (nSPS) is 11.9. The number of hydrogen-bond donors (Lipinski definition) is 3. The van der Waals surface area contributed by atoms with Crippen LogP contribution in [-0.4, -0.2) is 28.1 Å². The zero-order valence-electron chi connectivity index (χ0n) is 11.3. The Morgan fingerprint density at radius 2 is 2.11 bits per heavy atom. The molecule has 0 aliphatic rings. The summed E-state index contributed by atoms with van der Waals surface area (Å²) in [5, 5.41) is 14.6. The number of urea groups is 1. The summed E-state index contributed by atoms with van der Waals surface area (Å²) in [5.74, 6) is -0.917. The summed E-state index contributed by atoms with van der Waals surface area (Å²) in [5.41, 5.74) is 0.885. The van der Waals surface area contributed by atoms with Crippen molar-refractivity contribution in [2.45, 2.75) is 46.1 Å². The number of carbonyl (C=O) groups excluding carboxylic acids is 1. The van der Waals surface area contributed by atoms with E-state index < -0.39 is 12.0 Å². The highest BCUT2D eigenvalue weighted by molar-refractivity contribution is 7.15. The molecule has 1 heterocycles. The number of aliphatic carboxylic acids is 1. The Bertz CT molecular complexity index is 440. The van der Waals surface area contributed by atoms with Crippen molar-refractivity contribution < 1.29 is 14.7 Å². The van der Waals surface area contributed by atoms with E-state index in [9.17, 15) is 9.59 Å². The Balaban J connectivity index is 2.54. The van der Waals surface area contributed by atoms with Crippen molar-refractivity contribution >= 4 is 28.5 Å². The maximum atomic E-state index is 11.8. The fourth-order valence-electron chi connectivity index (χ4n) is 1.63. The summed E-state index contributed by atoms with van der Waals surface area (Å²) in [6, 6.07) is -0.766. The molecule has 0 fully saturated rings. The molecule has 0 radical (unpaired) electrons. The third-order valence-corrected chi connectivity index (χ3v) is 3.63. The number of aromatic nitrogens is 1. The minimum absolute atomic E-state index is 0.0722. The molecule has 7 heteroatoms. The smallest absolute Gasteiger partial charge is 0.321 e. The van der Waals surface area contributed by atoms with Gasteiger partial charge in [0, 0.05) is 10.9 Å². The molecule has 0 aromatic carbocycles. The monoisotopic (exact) mass is 285 g/mol. The molecule has 1 aromatic heterocycles. The van der Waals surface area contributed by atoms with Gasteiger partial charge in [-0.05, 0) is 20.3 Å². The van der Waals surface area contributed by atoms with Crippen LogP contribution in [0.3, 0.4) is 0 Å². The van der Waals surface area contributed by atoms with Gasteiger partial charge in [-0.25, -0.2) is 9.78 Å². The first-order chi connectivity index (χ1) is 8.92. The van der Waals surface area contributed by atoms with E-state index >= 15 is 0 Å². The Kier molecular flexibility index (Phi) is 5.75. The van der Waals surface area contributed by atoms with Gasteiger partial charge in [0.05, 0.1) is 12.1 Å². The van der Waals surface area contributed by atoms with Gasteiger partial charge in [0.1, 0.15) is 0 Å². The number of hydrogen-bond acceptors (Lipinski definition) is 4. The lowest BCUT2D eigenvalue weighted by Crippen LogP contribution is -2.39. The zero-order chi connectivity index (χ0) is 14.4. The number of nitrogens with one attached hydrogen (secondary N) is 2. The fourth-order valence-corrected chi connectivity index (χ4v) is 2.44. The van der Waals surface area contributed by atoms with Gasteiger partial charge in [-0.1, -0.05) is 13.3 Å². The van der Waals surface area contributed by atoms with E-state index in [0.717, 1.165) is 17.0 Å². The third-order valence-electron chi connectivity index (χ3n) is 2.64. The number of anilines is 1. The Morgan fingerprint density at radius 1 is 1.42 bits per heavy atom. The van der Waals surface area contributed by atoms with Gasteiger partial charge in [-0.2, -0.15) is 0 Å². The van der Waals surface area contributed by atoms with Crippen molar-refractivity contribution in [2.24, 2.45) is 0 Å². The van der Waals surface area contributed by atoms with Crippen LogP contribution >= 0.6 is 11.3 Å². The van der Waals surface area contributed by atoms with Crippen LogP contribution < -0.4 is 10.6 Å². The van der Waals surface area contributed by atoms with Crippen LogP contribution in [-0.2, 0) is 4.79 Å². The topological polar surface area (TPSA) is 91.3 Å². The predicted octanol–water partition coefficient (Wildman–Crippen LogP) is 2.52. The van der Waals surface area contributed by atoms with Crippen molar-refractivity contribution in [3.63, 3.8) is 0 Å². The van der Waals surface area contributed by atoms with E-state index in [2.05, 4.69) is 15.6 Å². The molecule has 0 spiro atoms. The fraction of sp³-hybridized carbons (Fsp3) is 0.583. The number of rotatable bonds is 6. The van der Waals surface area contributed by atoms with E-state index in [-0.39, 0.29) is 12.5 Å². The Labute approximate surface area is 116 Å². The predicted molar refractivity (Wildman–Crippen MR) is 74.7 cm³/mol. The molecule has 0 saturated heterocycles. The molecule has 1 atom stereocenters. The largest absolute Gasteiger partial charge is 0.481 e. The van der Waals surface area contributed by atoms with E-state index in [1.165, 1.54) is 11.3 Å². The van der Waals surface area contributed by atoms with Crippen LogP contribution in [0, 0.1) is 13.8 Å². The minimum Gasteiger partial charge on any atom is -0.481 e. The van der Waals surface area contributed by atoms with Gasteiger partial charge in [0.25, 0.3) is 0 Å². The average molecular weight is 285 g/mol. The molecule has 1 rings (SSSR count). The molecule has 1 aromatic rings. The van der Waals surface area contributed by atoms with Gasteiger partial charge in [-0.15, -0.1) is 11.3 Å². The van der Waals surface area contributed by atoms with Gasteiger partial charge < -0.3 is 10.4 Å². The molecule has 0 aliphatic heterocycles. The summed E-state index contributed by atoms with van der Waals surface area (Å²) in [4.78, 5) is 27.7. The molecule has 6 nitrogen and oxygen atoms in total. The van der Waals surface area contributed by atoms with Crippen molar-refractivity contribution in [3.8, 4) is 0 Å². The van der Waals surface area contributed by atoms with Gasteiger partial charge >= 0.3 is 12.0 Å². The second-order valence-electron chi connectivity index (χ2n) is 4.34. The number of carboxylic acid groups (broad SMARTS) is 1. The maximum Gasteiger partial charge on any atom is 0.321 e. The van der Waals surface area contributed by atoms with Gasteiger partial charge in [0.15, 0.2) is 5.13 Å². The van der Waals surface area contributed by atoms with Crippen LogP contribution in [0.4, 0.5) is 9.93 Å². The molecule has 1 unspecified atom stereocenters. The number of nitrogens with zero attached hydrogens (tertiary/aromatic N) is 1. The highest BCUT2D eigenvalue weighted by Gasteiger charge is 2.16. The van der Waals surface area contributed by atoms with Gasteiger partial charge in [0.2, 0.25) is 0 Å². The lowest BCUT2D eigenvalue weighted by Gasteiger charge is -2.15. The molecule has 3 N–H and O–H groups in total. The van der Waals surface area contributed by atoms with Gasteiger partial charge in [-0.3, -0.25) is 10.1 Å². The first-order valence-electron chi connectivity index (χ1n) is 6.15. The van der Waals surface area contributed by atoms with Crippen molar-refractivity contribution in [3.05, 3.63) is 10.6 Å². The summed E-state index contributed by atoms with van der Waals surface area (Å²) in [7, 11) is 0. The van der Waals surface area contributed by atoms with Crippen LogP contribution in [0.1, 0.15) is 36.8 Å². The van der Waals surface area contributed by atoms with Crippen LogP contribution in [0.15, 0.2) is 0 Å². The van der Waals surface area contributed by atoms with Crippen molar-refractivity contribution in [1.29, 1.82) is 0 Å². The number of aryl methyl sites for hydroxylation is 2. The standard InChI is InChI=1S/C12H19N3O3S/c1-4-5-9(6-10(16)17)14-11(18)15-12-13-7(2)8(3)19-12/h9H,4-6H2,1-3H3,(H,16,17)(H2,13,14,15,18). The summed E-state index contributed by atoms with van der Waals surface area (Å²) in [6.45, 7) is 5.75. The summed E-state index contributed by atoms with van der Waals surface area (Å²) >= 11 is 1.40. The zero-order valence-corrected chi connectivity index (χ0v) is 12.1. The molecule has 19 heavy (non-hydrogen) atoms. The lowest BCUT2D eigenvalue weighted by molar-refractivity contribution is -0.137. The SMILES string of the molecule is CCCC(CC(=O)O)NC(=O)Nc1nc(C)c(C)s1. The summed E-state index contributed by atoms with van der Waals surface area (Å²) < 4.78 is 0. The molecular formula is C12H19N3O3S. The van der Waals surface area contributed by atoms with Crippen molar-refractivity contribution in [2.75, 3.05) is 5.32 Å². The molecule has 2 amide bonds. The number of thiazole rings is 1. The number of carboxylic acids is 1.